The molecular formula is C42H53ClN10O5S. The molecule has 4 aliphatic rings. The number of piperazine rings is 1. The zero-order chi connectivity index (χ0) is 41.7. The van der Waals surface area contributed by atoms with Gasteiger partial charge in [0.25, 0.3) is 11.8 Å². The predicted molar refractivity (Wildman–Crippen MR) is 229 cm³/mol. The van der Waals surface area contributed by atoms with E-state index in [0.29, 0.717) is 39.1 Å². The van der Waals surface area contributed by atoms with E-state index in [9.17, 15) is 24.0 Å². The minimum absolute atomic E-state index is 0.0684. The molecule has 0 saturated carbocycles. The molecule has 4 aliphatic heterocycles. The van der Waals surface area contributed by atoms with Gasteiger partial charge in [-0.05, 0) is 75.9 Å². The van der Waals surface area contributed by atoms with Crippen LogP contribution in [0.2, 0.25) is 5.02 Å². The van der Waals surface area contributed by atoms with Gasteiger partial charge >= 0.3 is 0 Å². The summed E-state index contributed by atoms with van der Waals surface area (Å²) in [4.78, 5) is 80.9. The molecule has 314 valence electrons. The van der Waals surface area contributed by atoms with Crippen molar-refractivity contribution < 1.29 is 24.0 Å². The Morgan fingerprint density at radius 1 is 0.932 bits per heavy atom. The van der Waals surface area contributed by atoms with Crippen molar-refractivity contribution in [2.45, 2.75) is 99.1 Å². The minimum Gasteiger partial charge on any atom is -0.381 e. The van der Waals surface area contributed by atoms with Crippen LogP contribution >= 0.6 is 23.4 Å². The Morgan fingerprint density at radius 3 is 2.37 bits per heavy atom. The number of nitrogens with two attached hydrogens (primary N) is 2. The fourth-order valence-electron chi connectivity index (χ4n) is 8.08. The number of nitrogen functional groups attached to an aromatic ring is 1. The van der Waals surface area contributed by atoms with Gasteiger partial charge in [-0.2, -0.15) is 0 Å². The van der Waals surface area contributed by atoms with Gasteiger partial charge < -0.3 is 26.6 Å². The number of fused-ring (bicyclic) bond motifs is 1. The maximum atomic E-state index is 13.3. The number of amides is 5. The van der Waals surface area contributed by atoms with E-state index in [-0.39, 0.29) is 24.3 Å². The molecule has 3 fully saturated rings. The maximum absolute atomic E-state index is 13.3. The summed E-state index contributed by atoms with van der Waals surface area (Å²) < 4.78 is 0. The van der Waals surface area contributed by atoms with Gasteiger partial charge in [0, 0.05) is 68.2 Å². The van der Waals surface area contributed by atoms with E-state index in [1.807, 2.05) is 18.2 Å². The summed E-state index contributed by atoms with van der Waals surface area (Å²) in [5.74, 6) is -0.982. The quantitative estimate of drug-likeness (QED) is 0.117. The second-order valence-corrected chi connectivity index (χ2v) is 17.6. The number of hydrogen-bond acceptors (Lipinski definition) is 13. The molecule has 5 amide bonds. The highest BCUT2D eigenvalue weighted by molar-refractivity contribution is 7.99. The molecule has 3 aromatic rings. The second kappa shape index (κ2) is 18.7. The zero-order valence-corrected chi connectivity index (χ0v) is 35.1. The topological polar surface area (TPSA) is 200 Å². The second-order valence-electron chi connectivity index (χ2n) is 16.2. The molecule has 5 heterocycles. The number of rotatable bonds is 15. The first-order chi connectivity index (χ1) is 28.4. The molecule has 17 heteroatoms. The Hall–Kier alpha value is -4.77. The van der Waals surface area contributed by atoms with Gasteiger partial charge in [-0.3, -0.25) is 39.1 Å². The molecule has 1 unspecified atom stereocenters. The summed E-state index contributed by atoms with van der Waals surface area (Å²) in [6, 6.07) is 9.84. The lowest BCUT2D eigenvalue weighted by molar-refractivity contribution is -0.136. The smallest absolute Gasteiger partial charge is 0.262 e. The molecule has 7 rings (SSSR count). The molecule has 59 heavy (non-hydrogen) atoms. The van der Waals surface area contributed by atoms with Crippen molar-refractivity contribution in [2.24, 2.45) is 5.73 Å². The summed E-state index contributed by atoms with van der Waals surface area (Å²) in [5.41, 5.74) is 14.5. The number of anilines is 4. The predicted octanol–water partition coefficient (Wildman–Crippen LogP) is 5.07. The molecule has 15 nitrogen and oxygen atoms in total. The van der Waals surface area contributed by atoms with Crippen molar-refractivity contribution >= 4 is 75.9 Å². The van der Waals surface area contributed by atoms with E-state index < -0.39 is 29.7 Å². The third kappa shape index (κ3) is 10.2. The average molecular weight is 845 g/mol. The number of nitrogens with one attached hydrogen (secondary N) is 2. The van der Waals surface area contributed by atoms with E-state index in [1.54, 1.807) is 24.4 Å². The summed E-state index contributed by atoms with van der Waals surface area (Å²) in [6.07, 6.45) is 10.3. The zero-order valence-electron chi connectivity index (χ0n) is 33.5. The first-order valence-electron chi connectivity index (χ1n) is 20.6. The van der Waals surface area contributed by atoms with Crippen LogP contribution in [0.1, 0.15) is 98.3 Å². The van der Waals surface area contributed by atoms with Gasteiger partial charge in [-0.15, -0.1) is 0 Å². The Labute approximate surface area is 354 Å². The van der Waals surface area contributed by atoms with Crippen LogP contribution in [0.25, 0.3) is 0 Å². The fourth-order valence-corrected chi connectivity index (χ4v) is 9.18. The van der Waals surface area contributed by atoms with Crippen molar-refractivity contribution in [3.8, 4) is 0 Å². The van der Waals surface area contributed by atoms with E-state index in [4.69, 9.17) is 23.1 Å². The Kier molecular flexibility index (Phi) is 13.4. The van der Waals surface area contributed by atoms with Crippen LogP contribution in [0, 0.1) is 0 Å². The SMILES string of the molecule is CC1(N)CCN(c2cnc(Sc3cccc(NC(=O)CCCCCCCCN4CCN(c5ccc6c(c5)C(=O)N(C5CCC(=O)NC5=O)C6=O)CC4)c3Cl)c(N)n2)CC1. The lowest BCUT2D eigenvalue weighted by atomic mass is 9.91. The summed E-state index contributed by atoms with van der Waals surface area (Å²) in [7, 11) is 0. The molecular weight excluding hydrogens is 792 g/mol. The van der Waals surface area contributed by atoms with Gasteiger partial charge in [0.2, 0.25) is 17.7 Å². The molecule has 1 aromatic heterocycles. The van der Waals surface area contributed by atoms with Crippen LogP contribution in [-0.4, -0.2) is 107 Å². The standard InChI is InChI=1S/C42H53ClN10O5S/c1-42(45)16-19-52(20-17-42)33-26-46-39(37(44)48-33)59-32-10-8-9-30(36(32)43)47-34(54)11-6-4-2-3-5-7-18-50-21-23-51(24-22-50)27-12-13-28-29(25-27)41(58)53(40(28)57)31-14-15-35(55)49-38(31)56/h8-10,12-13,25-26,31H,2-7,11,14-24,45H2,1H3,(H2,44,48)(H,47,54)(H,49,55,56). The van der Waals surface area contributed by atoms with Crippen LogP contribution < -0.4 is 31.9 Å². The van der Waals surface area contributed by atoms with Gasteiger partial charge in [-0.25, -0.2) is 9.97 Å². The third-order valence-corrected chi connectivity index (χ3v) is 13.3. The largest absolute Gasteiger partial charge is 0.381 e. The van der Waals surface area contributed by atoms with Crippen molar-refractivity contribution in [3.05, 3.63) is 58.7 Å². The number of carbonyl (C=O) groups excluding carboxylic acids is 5. The number of benzene rings is 2. The van der Waals surface area contributed by atoms with Crippen molar-refractivity contribution in [1.82, 2.24) is 25.1 Å². The molecule has 6 N–H and O–H groups in total. The number of unbranched alkanes of at least 4 members (excludes halogenated alkanes) is 5. The van der Waals surface area contributed by atoms with Crippen LogP contribution in [0.15, 0.2) is 52.5 Å². The van der Waals surface area contributed by atoms with Gasteiger partial charge in [0.15, 0.2) is 5.82 Å². The van der Waals surface area contributed by atoms with E-state index >= 15 is 0 Å². The highest BCUT2D eigenvalue weighted by Gasteiger charge is 2.45. The summed E-state index contributed by atoms with van der Waals surface area (Å²) in [5, 5.41) is 6.20. The van der Waals surface area contributed by atoms with Crippen LogP contribution in [0.5, 0.6) is 0 Å². The van der Waals surface area contributed by atoms with Crippen molar-refractivity contribution in [1.29, 1.82) is 0 Å². The number of hydrogen-bond donors (Lipinski definition) is 4. The van der Waals surface area contributed by atoms with E-state index in [1.165, 1.54) is 11.8 Å². The Bertz CT molecular complexity index is 2080. The maximum Gasteiger partial charge on any atom is 0.262 e. The van der Waals surface area contributed by atoms with Gasteiger partial charge in [-0.1, -0.05) is 55.1 Å². The Morgan fingerprint density at radius 2 is 1.64 bits per heavy atom. The lowest BCUT2D eigenvalue weighted by Crippen LogP contribution is -2.54. The normalized spacial score (nSPS) is 19.6. The van der Waals surface area contributed by atoms with Crippen LogP contribution in [0.3, 0.4) is 0 Å². The monoisotopic (exact) mass is 844 g/mol. The fraction of sp³-hybridized carbons (Fsp3) is 0.500. The first kappa shape index (κ1) is 42.4. The summed E-state index contributed by atoms with van der Waals surface area (Å²) >= 11 is 8.05. The molecule has 0 spiro atoms. The molecule has 2 aromatic carbocycles. The van der Waals surface area contributed by atoms with Crippen molar-refractivity contribution in [3.63, 3.8) is 0 Å². The van der Waals surface area contributed by atoms with Crippen molar-refractivity contribution in [2.75, 3.05) is 66.7 Å². The van der Waals surface area contributed by atoms with Gasteiger partial charge in [0.05, 0.1) is 28.0 Å². The minimum atomic E-state index is -0.971. The van der Waals surface area contributed by atoms with Crippen LogP contribution in [-0.2, 0) is 14.4 Å². The Balaban J connectivity index is 0.767. The average Bonchev–Trinajstić information content (AvgIpc) is 3.46. The number of nitrogens with zero attached hydrogens (tertiary/aromatic N) is 6. The number of imide groups is 2. The highest BCUT2D eigenvalue weighted by atomic mass is 35.5. The van der Waals surface area contributed by atoms with Gasteiger partial charge in [0.1, 0.15) is 16.9 Å². The number of carbonyl (C=O) groups is 5. The number of piperidine rings is 2. The molecule has 0 radical (unpaired) electrons. The summed E-state index contributed by atoms with van der Waals surface area (Å²) in [6.45, 7) is 8.11. The molecule has 0 bridgehead atoms. The van der Waals surface area contributed by atoms with E-state index in [2.05, 4.69) is 42.2 Å². The molecule has 1 atom stereocenters. The number of aromatic nitrogens is 2. The van der Waals surface area contributed by atoms with E-state index in [0.717, 1.165) is 118 Å². The third-order valence-electron chi connectivity index (χ3n) is 11.7. The number of halogens is 1. The highest BCUT2D eigenvalue weighted by Crippen LogP contribution is 2.39. The molecule has 3 saturated heterocycles. The first-order valence-corrected chi connectivity index (χ1v) is 21.8. The molecule has 0 aliphatic carbocycles. The van der Waals surface area contributed by atoms with Crippen LogP contribution in [0.4, 0.5) is 23.0 Å². The lowest BCUT2D eigenvalue weighted by Gasteiger charge is -2.37.